The molecular formula is C10H16O2. The molecule has 2 bridgehead atoms. The van der Waals surface area contributed by atoms with E-state index in [4.69, 9.17) is 5.11 Å². The van der Waals surface area contributed by atoms with Gasteiger partial charge in [-0.2, -0.15) is 0 Å². The predicted octanol–water partition coefficient (Wildman–Crippen LogP) is 0.776. The summed E-state index contributed by atoms with van der Waals surface area (Å²) in [4.78, 5) is 0. The van der Waals surface area contributed by atoms with E-state index in [1.165, 1.54) is 19.3 Å². The molecule has 2 heteroatoms. The lowest BCUT2D eigenvalue weighted by Gasteiger charge is -2.56. The first kappa shape index (κ1) is 7.34. The Labute approximate surface area is 72.6 Å². The Hall–Kier alpha value is -0.0800. The number of aliphatic hydroxyl groups is 2. The Morgan fingerprint density at radius 1 is 1.33 bits per heavy atom. The maximum Gasteiger partial charge on any atom is 0.0731 e. The largest absolute Gasteiger partial charge is 0.396 e. The lowest BCUT2D eigenvalue weighted by molar-refractivity contribution is -0.205. The normalized spacial score (nSPS) is 61.5. The summed E-state index contributed by atoms with van der Waals surface area (Å²) in [7, 11) is 0. The van der Waals surface area contributed by atoms with E-state index < -0.39 is 5.60 Å². The van der Waals surface area contributed by atoms with Gasteiger partial charge in [0.15, 0.2) is 0 Å². The quantitative estimate of drug-likeness (QED) is 0.607. The van der Waals surface area contributed by atoms with Gasteiger partial charge in [0.05, 0.1) is 5.60 Å². The van der Waals surface area contributed by atoms with Gasteiger partial charge in [-0.05, 0) is 43.4 Å². The van der Waals surface area contributed by atoms with Gasteiger partial charge < -0.3 is 10.2 Å². The van der Waals surface area contributed by atoms with Gasteiger partial charge in [0, 0.05) is 12.5 Å². The maximum absolute atomic E-state index is 10.2. The fourth-order valence-electron chi connectivity index (χ4n) is 4.06. The first-order valence-corrected chi connectivity index (χ1v) is 5.09. The van der Waals surface area contributed by atoms with E-state index in [9.17, 15) is 5.11 Å². The second kappa shape index (κ2) is 2.05. The summed E-state index contributed by atoms with van der Waals surface area (Å²) < 4.78 is 0. The summed E-state index contributed by atoms with van der Waals surface area (Å²) in [5, 5.41) is 19.4. The van der Waals surface area contributed by atoms with Gasteiger partial charge in [0.25, 0.3) is 0 Å². The lowest BCUT2D eigenvalue weighted by Crippen LogP contribution is -2.62. The van der Waals surface area contributed by atoms with Crippen LogP contribution in [0.5, 0.6) is 0 Å². The van der Waals surface area contributed by atoms with Crippen LogP contribution in [0.1, 0.15) is 25.7 Å². The SMILES string of the molecule is OCC1C2CC3CCC1(O)C2C3. The van der Waals surface area contributed by atoms with Gasteiger partial charge in [-0.15, -0.1) is 0 Å². The first-order chi connectivity index (χ1) is 5.75. The van der Waals surface area contributed by atoms with Crippen LogP contribution in [0.4, 0.5) is 0 Å². The molecule has 0 spiro atoms. The molecule has 3 fully saturated rings. The minimum absolute atomic E-state index is 0.199. The Bertz CT molecular complexity index is 216. The van der Waals surface area contributed by atoms with Crippen LogP contribution in [-0.2, 0) is 0 Å². The first-order valence-electron chi connectivity index (χ1n) is 5.09. The van der Waals surface area contributed by atoms with Gasteiger partial charge in [-0.3, -0.25) is 0 Å². The zero-order valence-corrected chi connectivity index (χ0v) is 7.24. The van der Waals surface area contributed by atoms with Gasteiger partial charge in [0.2, 0.25) is 0 Å². The molecule has 5 unspecified atom stereocenters. The third-order valence-electron chi connectivity index (χ3n) is 4.66. The van der Waals surface area contributed by atoms with Crippen molar-refractivity contribution in [3.05, 3.63) is 0 Å². The van der Waals surface area contributed by atoms with E-state index in [2.05, 4.69) is 0 Å². The molecule has 0 aromatic heterocycles. The third-order valence-corrected chi connectivity index (χ3v) is 4.66. The minimum Gasteiger partial charge on any atom is -0.396 e. The van der Waals surface area contributed by atoms with E-state index in [1.54, 1.807) is 0 Å². The van der Waals surface area contributed by atoms with Crippen molar-refractivity contribution in [2.75, 3.05) is 6.61 Å². The molecule has 0 radical (unpaired) electrons. The average molecular weight is 168 g/mol. The second-order valence-electron chi connectivity index (χ2n) is 4.93. The molecule has 0 aromatic rings. The molecule has 3 aliphatic rings. The molecule has 5 atom stereocenters. The summed E-state index contributed by atoms with van der Waals surface area (Å²) in [5.41, 5.74) is -0.452. The predicted molar refractivity (Wildman–Crippen MR) is 44.5 cm³/mol. The lowest BCUT2D eigenvalue weighted by atomic mass is 9.53. The van der Waals surface area contributed by atoms with Crippen LogP contribution in [0, 0.1) is 23.7 Å². The van der Waals surface area contributed by atoms with E-state index in [0.717, 1.165) is 12.3 Å². The summed E-state index contributed by atoms with van der Waals surface area (Å²) in [6.45, 7) is 0.199. The minimum atomic E-state index is -0.452. The zero-order chi connectivity index (χ0) is 8.34. The van der Waals surface area contributed by atoms with Gasteiger partial charge in [-0.1, -0.05) is 0 Å². The fourth-order valence-corrected chi connectivity index (χ4v) is 4.06. The van der Waals surface area contributed by atoms with Crippen LogP contribution in [0.25, 0.3) is 0 Å². The van der Waals surface area contributed by atoms with Gasteiger partial charge in [-0.25, -0.2) is 0 Å². The fraction of sp³-hybridized carbons (Fsp3) is 1.00. The number of fused-ring (bicyclic) bond motifs is 1. The Balaban J connectivity index is 1.94. The van der Waals surface area contributed by atoms with Crippen molar-refractivity contribution in [3.63, 3.8) is 0 Å². The van der Waals surface area contributed by atoms with Crippen LogP contribution in [0.3, 0.4) is 0 Å². The van der Waals surface area contributed by atoms with Crippen molar-refractivity contribution in [2.45, 2.75) is 31.3 Å². The highest BCUT2D eigenvalue weighted by Crippen LogP contribution is 2.65. The van der Waals surface area contributed by atoms with E-state index in [-0.39, 0.29) is 12.5 Å². The molecule has 12 heavy (non-hydrogen) atoms. The molecule has 68 valence electrons. The third kappa shape index (κ3) is 0.612. The van der Waals surface area contributed by atoms with Crippen LogP contribution in [0.2, 0.25) is 0 Å². The molecule has 3 aliphatic carbocycles. The molecule has 0 heterocycles. The van der Waals surface area contributed by atoms with E-state index >= 15 is 0 Å². The molecule has 0 amide bonds. The molecule has 0 aromatic carbocycles. The number of hydrogen-bond donors (Lipinski definition) is 2. The Morgan fingerprint density at radius 2 is 2.17 bits per heavy atom. The monoisotopic (exact) mass is 168 g/mol. The number of rotatable bonds is 1. The van der Waals surface area contributed by atoms with Crippen molar-refractivity contribution >= 4 is 0 Å². The van der Waals surface area contributed by atoms with Crippen LogP contribution < -0.4 is 0 Å². The Morgan fingerprint density at radius 3 is 2.92 bits per heavy atom. The summed E-state index contributed by atoms with van der Waals surface area (Å²) in [6, 6.07) is 0. The van der Waals surface area contributed by atoms with Crippen molar-refractivity contribution in [1.82, 2.24) is 0 Å². The molecular weight excluding hydrogens is 152 g/mol. The van der Waals surface area contributed by atoms with E-state index in [0.29, 0.717) is 11.8 Å². The highest BCUT2D eigenvalue weighted by Gasteiger charge is 2.65. The van der Waals surface area contributed by atoms with Crippen molar-refractivity contribution in [2.24, 2.45) is 23.7 Å². The molecule has 2 N–H and O–H groups in total. The molecule has 0 aliphatic heterocycles. The topological polar surface area (TPSA) is 40.5 Å². The highest BCUT2D eigenvalue weighted by atomic mass is 16.3. The molecule has 0 saturated heterocycles. The van der Waals surface area contributed by atoms with Crippen LogP contribution >= 0.6 is 0 Å². The van der Waals surface area contributed by atoms with Crippen molar-refractivity contribution < 1.29 is 10.2 Å². The van der Waals surface area contributed by atoms with Gasteiger partial charge >= 0.3 is 0 Å². The van der Waals surface area contributed by atoms with Crippen molar-refractivity contribution in [3.8, 4) is 0 Å². The summed E-state index contributed by atoms with van der Waals surface area (Å²) in [6.07, 6.45) is 4.65. The average Bonchev–Trinajstić information content (AvgIpc) is 2.29. The molecule has 3 rings (SSSR count). The van der Waals surface area contributed by atoms with Crippen LogP contribution in [0.15, 0.2) is 0 Å². The van der Waals surface area contributed by atoms with Crippen LogP contribution in [-0.4, -0.2) is 22.4 Å². The second-order valence-corrected chi connectivity index (χ2v) is 4.93. The zero-order valence-electron chi connectivity index (χ0n) is 7.24. The number of hydrogen-bond acceptors (Lipinski definition) is 2. The van der Waals surface area contributed by atoms with Crippen molar-refractivity contribution in [1.29, 1.82) is 0 Å². The Kier molecular flexibility index (Phi) is 1.25. The summed E-state index contributed by atoms with van der Waals surface area (Å²) >= 11 is 0. The smallest absolute Gasteiger partial charge is 0.0731 e. The standard InChI is InChI=1S/C10H16O2/c11-5-9-7-3-6-1-2-10(9,12)8(7)4-6/h6-9,11-12H,1-5H2. The number of aliphatic hydroxyl groups excluding tert-OH is 1. The highest BCUT2D eigenvalue weighted by molar-refractivity contribution is 5.15. The van der Waals surface area contributed by atoms with Gasteiger partial charge in [0.1, 0.15) is 0 Å². The molecule has 3 saturated carbocycles. The summed E-state index contributed by atoms with van der Waals surface area (Å²) in [5.74, 6) is 2.30. The van der Waals surface area contributed by atoms with E-state index in [1.807, 2.05) is 0 Å². The molecule has 2 nitrogen and oxygen atoms in total. The maximum atomic E-state index is 10.2.